The van der Waals surface area contributed by atoms with Gasteiger partial charge < -0.3 is 5.48 Å². The molecule has 0 atom stereocenters. The van der Waals surface area contributed by atoms with Crippen LogP contribution in [0.1, 0.15) is 5.56 Å². The fourth-order valence-electron chi connectivity index (χ4n) is 1.38. The molecule has 1 aromatic carbocycles. The van der Waals surface area contributed by atoms with Gasteiger partial charge in [-0.15, -0.1) is 0 Å². The largest absolute Gasteiger partial charge is 0.412 e. The van der Waals surface area contributed by atoms with E-state index in [0.717, 1.165) is 12.1 Å². The first-order valence-corrected chi connectivity index (χ1v) is 14.2. The van der Waals surface area contributed by atoms with Crippen LogP contribution in [0, 0.1) is 37.3 Å². The monoisotopic (exact) mass is 713 g/mol. The Bertz CT molecular complexity index is 582. The zero-order valence-corrected chi connectivity index (χ0v) is 22.1. The third-order valence-electron chi connectivity index (χ3n) is 2.18. The van der Waals surface area contributed by atoms with E-state index >= 15 is 0 Å². The van der Waals surface area contributed by atoms with E-state index in [-0.39, 0.29) is 16.8 Å². The van der Waals surface area contributed by atoms with Crippen LogP contribution < -0.4 is 2.69 Å². The predicted molar refractivity (Wildman–Crippen MR) is 75.0 cm³/mol. The summed E-state index contributed by atoms with van der Waals surface area (Å²) in [6.45, 7) is 1.43. The molecule has 15 heteroatoms. The normalized spacial score (nSPS) is 10.6. The van der Waals surface area contributed by atoms with Crippen LogP contribution in [0.3, 0.4) is 0 Å². The molecule has 0 bridgehead atoms. The Kier molecular flexibility index (Phi) is 9.19. The minimum absolute atomic E-state index is 0. The molecule has 1 rings (SSSR count). The molecule has 0 fully saturated rings. The summed E-state index contributed by atoms with van der Waals surface area (Å²) in [6.07, 6.45) is 0. The Hall–Kier alpha value is -1.22. The van der Waals surface area contributed by atoms with Crippen LogP contribution >= 0.6 is 0 Å². The Balaban J connectivity index is 0.00000441. The van der Waals surface area contributed by atoms with Crippen molar-refractivity contribution in [3.63, 3.8) is 0 Å². The number of nitrogens with zero attached hydrogens (tertiary/aromatic N) is 3. The number of benzene rings is 1. The predicted octanol–water partition coefficient (Wildman–Crippen LogP) is -1.41. The van der Waals surface area contributed by atoms with Gasteiger partial charge in [0.05, 0.1) is 0 Å². The van der Waals surface area contributed by atoms with Crippen molar-refractivity contribution in [2.45, 2.75) is 6.92 Å². The van der Waals surface area contributed by atoms with Crippen molar-refractivity contribution in [2.75, 3.05) is 0 Å². The maximum Gasteiger partial charge on any atom is -0.412 e. The topological polar surface area (TPSA) is 189 Å². The summed E-state index contributed by atoms with van der Waals surface area (Å²) in [5.74, 6) is -0.0956. The molecule has 0 unspecified atom stereocenters. The number of nitro groups is 2. The summed E-state index contributed by atoms with van der Waals surface area (Å²) in [4.78, 5) is 30.0. The Morgan fingerprint density at radius 3 is 2.18 bits per heavy atom. The van der Waals surface area contributed by atoms with Crippen LogP contribution in [0.25, 0.3) is 0 Å². The second kappa shape index (κ2) is 9.73. The second-order valence-corrected chi connectivity index (χ2v) is 23.0. The second-order valence-electron chi connectivity index (χ2n) is 3.56. The van der Waals surface area contributed by atoms with Crippen molar-refractivity contribution in [1.82, 2.24) is 0 Å². The van der Waals surface area contributed by atoms with Gasteiger partial charge >= 0.3 is 143 Å². The van der Waals surface area contributed by atoms with Crippen molar-refractivity contribution >= 4 is 61.7 Å². The van der Waals surface area contributed by atoms with Gasteiger partial charge in [0.2, 0.25) is 0 Å². The fourth-order valence-corrected chi connectivity index (χ4v) is 12.2. The summed E-state index contributed by atoms with van der Waals surface area (Å²) in [5, 5.41) is 30.5. The van der Waals surface area contributed by atoms with Gasteiger partial charge in [0, 0.05) is 0 Å². The third-order valence-corrected chi connectivity index (χ3v) is 17.7. The smallest absolute Gasteiger partial charge is 0.412 e. The van der Waals surface area contributed by atoms with Crippen molar-refractivity contribution in [3.8, 4) is 5.75 Å². The van der Waals surface area contributed by atoms with Crippen LogP contribution in [0.2, 0.25) is 0 Å². The molecule has 0 spiro atoms. The molecule has 0 amide bonds. The number of nitro benzene ring substituents is 2. The number of rotatable bonds is 8. The van der Waals surface area contributed by atoms with E-state index < -0.39 is 76.6 Å². The first-order chi connectivity index (χ1) is 9.82. The summed E-state index contributed by atoms with van der Waals surface area (Å²) < 4.78 is 14.4. The van der Waals surface area contributed by atoms with Crippen LogP contribution in [0.15, 0.2) is 12.1 Å². The van der Waals surface area contributed by atoms with Gasteiger partial charge in [0.15, 0.2) is 0 Å². The molecule has 0 saturated heterocycles. The van der Waals surface area contributed by atoms with Crippen LogP contribution in [-0.4, -0.2) is 70.7 Å². The molecule has 0 heterocycles. The fraction of sp³-hybridized carbons (Fsp3) is 0.143. The molecule has 0 aliphatic carbocycles. The number of aryl methyl sites for hydroxylation is 1. The SMILES string of the molecule is Cc1cc([N+](=O)[O-])cc([N+](=O)[O-])c1[O][PbH2][O][PbH2][O][N+](=O)[O-].O. The van der Waals surface area contributed by atoms with Gasteiger partial charge in [0.25, 0.3) is 0 Å². The maximum absolute atomic E-state index is 10.9. The van der Waals surface area contributed by atoms with Crippen LogP contribution in [0.4, 0.5) is 11.4 Å². The standard InChI is InChI=1S/C7H6N2O5.NO3.H2O.O.2Pb.4H/c1-4-2-5(8(11)12)3-6(7(4)10)9(13)14;2-1(3)4;;;;;;;;/h2-3,10H,1H3;;1H2;;;;;;;/q;-1;;;2*+1;;;;/p-1. The van der Waals surface area contributed by atoms with Crippen molar-refractivity contribution in [1.29, 1.82) is 0 Å². The van der Waals surface area contributed by atoms with Crippen molar-refractivity contribution in [3.05, 3.63) is 48.0 Å². The molecular weight excluding hydrogens is 700 g/mol. The summed E-state index contributed by atoms with van der Waals surface area (Å²) in [6, 6.07) is 1.95. The van der Waals surface area contributed by atoms with Gasteiger partial charge in [-0.3, -0.25) is 0 Å². The third kappa shape index (κ3) is 6.27. The number of non-ortho nitro benzene ring substituents is 1. The van der Waals surface area contributed by atoms with E-state index in [1.54, 1.807) is 0 Å². The number of hydrogen-bond donors (Lipinski definition) is 0. The Labute approximate surface area is 148 Å². The van der Waals surface area contributed by atoms with Crippen LogP contribution in [0.5, 0.6) is 5.75 Å². The molecule has 22 heavy (non-hydrogen) atoms. The van der Waals surface area contributed by atoms with Crippen molar-refractivity contribution in [2.24, 2.45) is 0 Å². The molecule has 122 valence electrons. The Morgan fingerprint density at radius 2 is 1.68 bits per heavy atom. The molecule has 0 aromatic heterocycles. The molecule has 13 nitrogen and oxygen atoms in total. The minimum atomic E-state index is -2.54. The van der Waals surface area contributed by atoms with Gasteiger partial charge in [-0.05, 0) is 0 Å². The van der Waals surface area contributed by atoms with E-state index in [1.807, 2.05) is 0 Å². The van der Waals surface area contributed by atoms with E-state index in [9.17, 15) is 30.3 Å². The van der Waals surface area contributed by atoms with E-state index in [0.29, 0.717) is 0 Å². The van der Waals surface area contributed by atoms with Crippen LogP contribution in [-0.2, 0) is 3.43 Å². The summed E-state index contributed by atoms with van der Waals surface area (Å²) in [5.41, 5.74) is -0.718. The minimum Gasteiger partial charge on any atom is -0.412 e. The molecule has 0 radical (unpaired) electrons. The van der Waals surface area contributed by atoms with Crippen molar-refractivity contribution < 1.29 is 26.5 Å². The molecule has 0 aliphatic heterocycles. The zero-order valence-electron chi connectivity index (χ0n) is 11.1. The Morgan fingerprint density at radius 1 is 1.05 bits per heavy atom. The van der Waals surface area contributed by atoms with Gasteiger partial charge in [-0.25, -0.2) is 0 Å². The number of hydrogen-bond acceptors (Lipinski definition) is 9. The van der Waals surface area contributed by atoms with E-state index in [2.05, 4.69) is 2.79 Å². The van der Waals surface area contributed by atoms with Gasteiger partial charge in [0.1, 0.15) is 0 Å². The van der Waals surface area contributed by atoms with Gasteiger partial charge in [-0.1, -0.05) is 0 Å². The molecule has 0 saturated carbocycles. The maximum atomic E-state index is 10.9. The molecular formula is C7H11N3O10Pb2. The van der Waals surface area contributed by atoms with E-state index in [4.69, 9.17) is 3.32 Å². The molecule has 0 aliphatic rings. The average molecular weight is 712 g/mol. The quantitative estimate of drug-likeness (QED) is 0.135. The first kappa shape index (κ1) is 20.8. The molecule has 1 aromatic rings. The summed E-state index contributed by atoms with van der Waals surface area (Å²) in [7, 11) is 0. The van der Waals surface area contributed by atoms with E-state index in [1.165, 1.54) is 6.92 Å². The molecule has 2 N–H and O–H groups in total. The zero-order chi connectivity index (χ0) is 16.0. The average Bonchev–Trinajstić information content (AvgIpc) is 2.38. The summed E-state index contributed by atoms with van der Waals surface area (Å²) >= 11 is -5.05. The van der Waals surface area contributed by atoms with Gasteiger partial charge in [-0.2, -0.15) is 0 Å². The first-order valence-electron chi connectivity index (χ1n) is 5.24.